The summed E-state index contributed by atoms with van der Waals surface area (Å²) in [6.45, 7) is 1.35. The van der Waals surface area contributed by atoms with Crippen molar-refractivity contribution in [3.05, 3.63) is 36.5 Å². The Kier molecular flexibility index (Phi) is 26.6. The molecule has 17 atom stereocenters. The highest BCUT2D eigenvalue weighted by molar-refractivity contribution is 5.76. The number of allylic oxidation sites excluding steroid dienone is 5. The van der Waals surface area contributed by atoms with E-state index in [0.29, 0.717) is 12.8 Å². The molecule has 0 saturated carbocycles. The van der Waals surface area contributed by atoms with Gasteiger partial charge in [0.1, 0.15) is 73.2 Å². The minimum absolute atomic E-state index is 0.205. The van der Waals surface area contributed by atoms with E-state index in [4.69, 9.17) is 28.4 Å². The second kappa shape index (κ2) is 30.3. The lowest BCUT2D eigenvalue weighted by molar-refractivity contribution is -0.379. The van der Waals surface area contributed by atoms with Crippen LogP contribution in [0.3, 0.4) is 0 Å². The molecule has 1 amide bonds. The van der Waals surface area contributed by atoms with Gasteiger partial charge in [-0.15, -0.1) is 0 Å². The Morgan fingerprint density at radius 1 is 0.556 bits per heavy atom. The van der Waals surface area contributed by atoms with Crippen molar-refractivity contribution in [3.63, 3.8) is 0 Å². The van der Waals surface area contributed by atoms with Crippen LogP contribution in [0.2, 0.25) is 0 Å². The first-order chi connectivity index (χ1) is 30.3. The molecule has 0 radical (unpaired) electrons. The van der Waals surface area contributed by atoms with Crippen molar-refractivity contribution in [3.8, 4) is 0 Å². The number of ether oxygens (including phenoxy) is 6. The summed E-state index contributed by atoms with van der Waals surface area (Å²) >= 11 is 0. The van der Waals surface area contributed by atoms with Gasteiger partial charge in [-0.1, -0.05) is 88.8 Å². The third kappa shape index (κ3) is 17.6. The lowest BCUT2D eigenvalue weighted by atomic mass is 9.96. The monoisotopic (exact) mass is 908 g/mol. The number of nitrogens with one attached hydrogen (secondary N) is 1. The van der Waals surface area contributed by atoms with Crippen LogP contribution in [0.4, 0.5) is 0 Å². The van der Waals surface area contributed by atoms with E-state index < -0.39 is 124 Å². The number of unbranched alkanes of at least 4 members (excludes halogenated alkanes) is 9. The smallest absolute Gasteiger partial charge is 0.220 e. The minimum atomic E-state index is -1.98. The van der Waals surface area contributed by atoms with E-state index in [-0.39, 0.29) is 18.9 Å². The van der Waals surface area contributed by atoms with Gasteiger partial charge < -0.3 is 89.9 Å². The van der Waals surface area contributed by atoms with Gasteiger partial charge in [-0.2, -0.15) is 0 Å². The summed E-state index contributed by atoms with van der Waals surface area (Å²) in [6.07, 6.45) is -1.11. The predicted octanol–water partition coefficient (Wildman–Crippen LogP) is -0.533. The predicted molar refractivity (Wildman–Crippen MR) is 226 cm³/mol. The fourth-order valence-corrected chi connectivity index (χ4v) is 7.49. The molecule has 0 aromatic carbocycles. The number of carbonyl (C=O) groups is 1. The van der Waals surface area contributed by atoms with Crippen molar-refractivity contribution >= 4 is 5.91 Å². The standard InChI is InChI=1S/C44H77NO18/c1-3-5-7-8-9-10-11-12-13-14-15-16-17-18-19-20-21-28(49)27(45-32(50)22-6-4-2)26-58-42-38(56)35(53)40(30(24-47)60-42)63-44-39(57)36(54)41(31(25-48)61-44)62-43-37(55)34(52)33(51)29(23-46)59-43/h12-13,16-17,20-21,27-31,33-44,46-49,51-57H,3-11,14-15,18-19,22-26H2,1-2H3,(H,45,50)/b13-12+,17-16+,21-20+. The van der Waals surface area contributed by atoms with E-state index >= 15 is 0 Å². The zero-order valence-electron chi connectivity index (χ0n) is 36.8. The summed E-state index contributed by atoms with van der Waals surface area (Å²) in [6, 6.07) is -0.986. The third-order valence-corrected chi connectivity index (χ3v) is 11.4. The summed E-state index contributed by atoms with van der Waals surface area (Å²) in [5.41, 5.74) is 0. The number of hydrogen-bond donors (Lipinski definition) is 12. The Labute approximate surface area is 370 Å². The molecule has 3 aliphatic heterocycles. The topological polar surface area (TPSA) is 307 Å². The van der Waals surface area contributed by atoms with E-state index in [9.17, 15) is 61.0 Å². The number of carbonyl (C=O) groups excluding carboxylic acids is 1. The quantitative estimate of drug-likeness (QED) is 0.0332. The Bertz CT molecular complexity index is 1320. The molecule has 3 aliphatic rings. The molecule has 0 aliphatic carbocycles. The Hall–Kier alpha value is -1.99. The number of aliphatic hydroxyl groups is 11. The molecule has 0 aromatic rings. The Morgan fingerprint density at radius 2 is 1.02 bits per heavy atom. The minimum Gasteiger partial charge on any atom is -0.394 e. The highest BCUT2D eigenvalue weighted by Crippen LogP contribution is 2.33. The molecular formula is C44H77NO18. The number of aliphatic hydroxyl groups excluding tert-OH is 11. The van der Waals surface area contributed by atoms with E-state index in [2.05, 4.69) is 36.5 Å². The summed E-state index contributed by atoms with van der Waals surface area (Å²) in [4.78, 5) is 12.7. The van der Waals surface area contributed by atoms with Gasteiger partial charge in [-0.3, -0.25) is 4.79 Å². The van der Waals surface area contributed by atoms with Crippen molar-refractivity contribution in [1.29, 1.82) is 0 Å². The second-order valence-corrected chi connectivity index (χ2v) is 16.5. The first-order valence-corrected chi connectivity index (χ1v) is 22.7. The molecule has 3 fully saturated rings. The SMILES string of the molecule is CCCCCCCC/C=C/CC/C=C/CC/C=C/C(O)C(COC1OC(CO)C(OC2OC(CO)C(OC3OC(CO)C(O)C(O)C3O)C(O)C2O)C(O)C1O)NC(=O)CCCC. The lowest BCUT2D eigenvalue weighted by Gasteiger charge is -2.48. The van der Waals surface area contributed by atoms with Gasteiger partial charge in [0.25, 0.3) is 0 Å². The third-order valence-electron chi connectivity index (χ3n) is 11.4. The molecule has 0 aromatic heterocycles. The molecule has 19 nitrogen and oxygen atoms in total. The molecule has 366 valence electrons. The molecule has 3 heterocycles. The molecule has 3 rings (SSSR count). The van der Waals surface area contributed by atoms with Crippen LogP contribution in [0.5, 0.6) is 0 Å². The van der Waals surface area contributed by atoms with E-state index in [1.54, 1.807) is 12.2 Å². The summed E-state index contributed by atoms with van der Waals surface area (Å²) < 4.78 is 33.8. The first-order valence-electron chi connectivity index (χ1n) is 22.7. The van der Waals surface area contributed by atoms with Gasteiger partial charge in [0, 0.05) is 6.42 Å². The normalized spacial score (nSPS) is 35.2. The fourth-order valence-electron chi connectivity index (χ4n) is 7.49. The van der Waals surface area contributed by atoms with E-state index in [1.807, 2.05) is 6.92 Å². The van der Waals surface area contributed by atoms with Crippen LogP contribution in [-0.4, -0.2) is 193 Å². The molecule has 3 saturated heterocycles. The van der Waals surface area contributed by atoms with Crippen molar-refractivity contribution in [2.75, 3.05) is 26.4 Å². The lowest BCUT2D eigenvalue weighted by Crippen LogP contribution is -2.66. The first kappa shape index (κ1) is 55.3. The number of rotatable bonds is 29. The fraction of sp³-hybridized carbons (Fsp3) is 0.841. The van der Waals surface area contributed by atoms with Crippen LogP contribution < -0.4 is 5.32 Å². The molecule has 17 unspecified atom stereocenters. The maximum Gasteiger partial charge on any atom is 0.220 e. The average Bonchev–Trinajstić information content (AvgIpc) is 3.28. The van der Waals surface area contributed by atoms with Gasteiger partial charge in [0.2, 0.25) is 5.91 Å². The molecule has 63 heavy (non-hydrogen) atoms. The van der Waals surface area contributed by atoms with Crippen LogP contribution in [0.15, 0.2) is 36.5 Å². The van der Waals surface area contributed by atoms with E-state index in [0.717, 1.165) is 32.1 Å². The Balaban J connectivity index is 1.54. The molecule has 19 heteroatoms. The van der Waals surface area contributed by atoms with Gasteiger partial charge in [-0.05, 0) is 44.9 Å². The zero-order chi connectivity index (χ0) is 46.3. The van der Waals surface area contributed by atoms with Crippen molar-refractivity contribution in [2.24, 2.45) is 0 Å². The second-order valence-electron chi connectivity index (χ2n) is 16.5. The number of hydrogen-bond acceptors (Lipinski definition) is 18. The van der Waals surface area contributed by atoms with Crippen LogP contribution >= 0.6 is 0 Å². The van der Waals surface area contributed by atoms with Gasteiger partial charge in [-0.25, -0.2) is 0 Å². The average molecular weight is 908 g/mol. The van der Waals surface area contributed by atoms with Crippen molar-refractivity contribution < 1.29 is 89.4 Å². The maximum absolute atomic E-state index is 12.7. The van der Waals surface area contributed by atoms with Crippen LogP contribution in [-0.2, 0) is 33.2 Å². The van der Waals surface area contributed by atoms with E-state index in [1.165, 1.54) is 38.5 Å². The van der Waals surface area contributed by atoms with Gasteiger partial charge >= 0.3 is 0 Å². The summed E-state index contributed by atoms with van der Waals surface area (Å²) in [5.74, 6) is -0.330. The van der Waals surface area contributed by atoms with Crippen molar-refractivity contribution in [1.82, 2.24) is 5.32 Å². The van der Waals surface area contributed by atoms with Gasteiger partial charge in [0.15, 0.2) is 18.9 Å². The highest BCUT2D eigenvalue weighted by atomic mass is 16.8. The van der Waals surface area contributed by atoms with Crippen LogP contribution in [0, 0.1) is 0 Å². The number of amides is 1. The summed E-state index contributed by atoms with van der Waals surface area (Å²) in [5, 5.41) is 118. The largest absolute Gasteiger partial charge is 0.394 e. The molecule has 0 spiro atoms. The molecule has 0 bridgehead atoms. The zero-order valence-corrected chi connectivity index (χ0v) is 36.8. The molecular weight excluding hydrogens is 830 g/mol. The van der Waals surface area contributed by atoms with Crippen LogP contribution in [0.1, 0.15) is 104 Å². The van der Waals surface area contributed by atoms with Crippen LogP contribution in [0.25, 0.3) is 0 Å². The highest BCUT2D eigenvalue weighted by Gasteiger charge is 2.53. The van der Waals surface area contributed by atoms with Gasteiger partial charge in [0.05, 0.1) is 38.6 Å². The van der Waals surface area contributed by atoms with Crippen molar-refractivity contribution in [2.45, 2.75) is 208 Å². The maximum atomic E-state index is 12.7. The summed E-state index contributed by atoms with van der Waals surface area (Å²) in [7, 11) is 0. The molecule has 12 N–H and O–H groups in total. The Morgan fingerprint density at radius 3 is 1.57 bits per heavy atom.